The van der Waals surface area contributed by atoms with Crippen molar-refractivity contribution in [3.05, 3.63) is 11.1 Å². The van der Waals surface area contributed by atoms with E-state index < -0.39 is 0 Å². The average molecular weight is 154 g/mol. The lowest BCUT2D eigenvalue weighted by Gasteiger charge is -2.25. The third-order valence-corrected chi connectivity index (χ3v) is 1.93. The van der Waals surface area contributed by atoms with Crippen LogP contribution in [-0.2, 0) is 14.3 Å². The van der Waals surface area contributed by atoms with Crippen molar-refractivity contribution < 1.29 is 14.3 Å². The Hall–Kier alpha value is -1.12. The van der Waals surface area contributed by atoms with Crippen molar-refractivity contribution in [1.82, 2.24) is 0 Å². The Kier molecular flexibility index (Phi) is 2.08. The maximum atomic E-state index is 10.9. The lowest BCUT2D eigenvalue weighted by atomic mass is 9.79. The summed E-state index contributed by atoms with van der Waals surface area (Å²) < 4.78 is 4.50. The monoisotopic (exact) mass is 154 g/mol. The molecule has 0 aromatic rings. The van der Waals surface area contributed by atoms with Gasteiger partial charge in [0.1, 0.15) is 6.29 Å². The zero-order valence-corrected chi connectivity index (χ0v) is 6.59. The van der Waals surface area contributed by atoms with E-state index in [2.05, 4.69) is 4.74 Å². The van der Waals surface area contributed by atoms with Gasteiger partial charge in [-0.3, -0.25) is 0 Å². The number of rotatable bonds is 2. The number of aldehydes is 1. The Balaban J connectivity index is 2.77. The zero-order chi connectivity index (χ0) is 8.43. The molecular formula is C8H10O3. The van der Waals surface area contributed by atoms with Gasteiger partial charge in [-0.1, -0.05) is 5.57 Å². The second-order valence-corrected chi connectivity index (χ2v) is 2.63. The highest BCUT2D eigenvalue weighted by molar-refractivity contribution is 5.96. The van der Waals surface area contributed by atoms with E-state index in [1.807, 2.05) is 6.92 Å². The van der Waals surface area contributed by atoms with Crippen molar-refractivity contribution in [2.24, 2.45) is 5.92 Å². The smallest absolute Gasteiger partial charge is 0.334 e. The molecule has 0 N–H and O–H groups in total. The van der Waals surface area contributed by atoms with Gasteiger partial charge in [0.25, 0.3) is 0 Å². The largest absolute Gasteiger partial charge is 0.466 e. The summed E-state index contributed by atoms with van der Waals surface area (Å²) >= 11 is 0. The number of allylic oxidation sites excluding steroid dienone is 1. The van der Waals surface area contributed by atoms with Crippen molar-refractivity contribution in [3.63, 3.8) is 0 Å². The van der Waals surface area contributed by atoms with Crippen molar-refractivity contribution >= 4 is 12.3 Å². The van der Waals surface area contributed by atoms with E-state index in [0.717, 1.165) is 11.9 Å². The molecule has 1 aliphatic rings. The SMILES string of the molecule is COC(=O)C1=C(C)CC1C=O. The van der Waals surface area contributed by atoms with Crippen molar-refractivity contribution in [1.29, 1.82) is 0 Å². The molecule has 0 heterocycles. The molecule has 3 heteroatoms. The predicted molar refractivity (Wildman–Crippen MR) is 38.9 cm³/mol. The van der Waals surface area contributed by atoms with Gasteiger partial charge in [-0.25, -0.2) is 4.79 Å². The molecule has 0 aromatic heterocycles. The van der Waals surface area contributed by atoms with E-state index in [1.54, 1.807) is 0 Å². The molecule has 0 fully saturated rings. The summed E-state index contributed by atoms with van der Waals surface area (Å²) in [4.78, 5) is 21.3. The summed E-state index contributed by atoms with van der Waals surface area (Å²) in [5, 5.41) is 0. The zero-order valence-electron chi connectivity index (χ0n) is 6.59. The van der Waals surface area contributed by atoms with E-state index in [1.165, 1.54) is 7.11 Å². The molecule has 1 unspecified atom stereocenters. The topological polar surface area (TPSA) is 43.4 Å². The van der Waals surface area contributed by atoms with E-state index in [-0.39, 0.29) is 11.9 Å². The number of carbonyl (C=O) groups is 2. The highest BCUT2D eigenvalue weighted by atomic mass is 16.5. The normalized spacial score (nSPS) is 22.5. The van der Waals surface area contributed by atoms with Crippen LogP contribution in [0.1, 0.15) is 13.3 Å². The Morgan fingerprint density at radius 2 is 2.36 bits per heavy atom. The van der Waals surface area contributed by atoms with Crippen LogP contribution in [0.25, 0.3) is 0 Å². The molecule has 0 amide bonds. The van der Waals surface area contributed by atoms with Crippen LogP contribution >= 0.6 is 0 Å². The van der Waals surface area contributed by atoms with Crippen molar-refractivity contribution in [2.45, 2.75) is 13.3 Å². The first-order valence-electron chi connectivity index (χ1n) is 3.44. The third-order valence-electron chi connectivity index (χ3n) is 1.93. The number of ether oxygens (including phenoxy) is 1. The second kappa shape index (κ2) is 2.86. The molecule has 3 nitrogen and oxygen atoms in total. The Morgan fingerprint density at radius 1 is 1.73 bits per heavy atom. The summed E-state index contributed by atoms with van der Waals surface area (Å²) in [6.45, 7) is 1.84. The van der Waals surface area contributed by atoms with E-state index in [9.17, 15) is 9.59 Å². The summed E-state index contributed by atoms with van der Waals surface area (Å²) in [5.41, 5.74) is 1.51. The average Bonchev–Trinajstić information content (AvgIpc) is 1.99. The lowest BCUT2D eigenvalue weighted by Crippen LogP contribution is -2.25. The van der Waals surface area contributed by atoms with E-state index in [4.69, 9.17) is 0 Å². The summed E-state index contributed by atoms with van der Waals surface area (Å²) in [6, 6.07) is 0. The van der Waals surface area contributed by atoms with Crippen LogP contribution in [-0.4, -0.2) is 19.4 Å². The predicted octanol–water partition coefficient (Wildman–Crippen LogP) is 0.695. The van der Waals surface area contributed by atoms with Gasteiger partial charge in [0, 0.05) is 5.57 Å². The number of carbonyl (C=O) groups excluding carboxylic acids is 2. The molecule has 0 aliphatic heterocycles. The molecule has 0 saturated heterocycles. The van der Waals surface area contributed by atoms with Gasteiger partial charge in [-0.15, -0.1) is 0 Å². The van der Waals surface area contributed by atoms with Crippen LogP contribution in [0.3, 0.4) is 0 Å². The minimum atomic E-state index is -0.370. The van der Waals surface area contributed by atoms with Crippen molar-refractivity contribution in [2.75, 3.05) is 7.11 Å². The van der Waals surface area contributed by atoms with Gasteiger partial charge < -0.3 is 9.53 Å². The van der Waals surface area contributed by atoms with Gasteiger partial charge in [0.05, 0.1) is 13.0 Å². The molecule has 0 radical (unpaired) electrons. The molecule has 0 spiro atoms. The van der Waals surface area contributed by atoms with Crippen LogP contribution in [0.4, 0.5) is 0 Å². The molecule has 11 heavy (non-hydrogen) atoms. The van der Waals surface area contributed by atoms with Crippen LogP contribution in [0.5, 0.6) is 0 Å². The summed E-state index contributed by atoms with van der Waals surface area (Å²) in [6.07, 6.45) is 1.49. The highest BCUT2D eigenvalue weighted by Crippen LogP contribution is 2.33. The minimum absolute atomic E-state index is 0.220. The van der Waals surface area contributed by atoms with Crippen molar-refractivity contribution in [3.8, 4) is 0 Å². The Labute approximate surface area is 65.0 Å². The molecular weight excluding hydrogens is 144 g/mol. The molecule has 0 bridgehead atoms. The second-order valence-electron chi connectivity index (χ2n) is 2.63. The summed E-state index contributed by atoms with van der Waals surface area (Å²) in [5.74, 6) is -0.590. The molecule has 1 atom stereocenters. The molecule has 0 saturated carbocycles. The lowest BCUT2D eigenvalue weighted by molar-refractivity contribution is -0.138. The Bertz CT molecular complexity index is 227. The van der Waals surface area contributed by atoms with Crippen LogP contribution < -0.4 is 0 Å². The van der Waals surface area contributed by atoms with Crippen LogP contribution in [0.2, 0.25) is 0 Å². The quantitative estimate of drug-likeness (QED) is 0.434. The standard InChI is InChI=1S/C8H10O3/c1-5-3-6(4-9)7(5)8(10)11-2/h4,6H,3H2,1-2H3. The fraction of sp³-hybridized carbons (Fsp3) is 0.500. The first kappa shape index (κ1) is 7.98. The number of esters is 1. The highest BCUT2D eigenvalue weighted by Gasteiger charge is 2.32. The van der Waals surface area contributed by atoms with E-state index in [0.29, 0.717) is 12.0 Å². The maximum Gasteiger partial charge on any atom is 0.334 e. The minimum Gasteiger partial charge on any atom is -0.466 e. The van der Waals surface area contributed by atoms with Gasteiger partial charge in [0.2, 0.25) is 0 Å². The number of hydrogen-bond donors (Lipinski definition) is 0. The number of hydrogen-bond acceptors (Lipinski definition) is 3. The van der Waals surface area contributed by atoms with Gasteiger partial charge in [0.15, 0.2) is 0 Å². The molecule has 1 rings (SSSR count). The first-order valence-corrected chi connectivity index (χ1v) is 3.44. The Morgan fingerprint density at radius 3 is 2.73 bits per heavy atom. The molecule has 0 aromatic carbocycles. The van der Waals surface area contributed by atoms with Crippen LogP contribution in [0.15, 0.2) is 11.1 Å². The molecule has 60 valence electrons. The van der Waals surface area contributed by atoms with Gasteiger partial charge in [-0.05, 0) is 13.3 Å². The number of methoxy groups -OCH3 is 1. The van der Waals surface area contributed by atoms with Gasteiger partial charge >= 0.3 is 5.97 Å². The summed E-state index contributed by atoms with van der Waals surface area (Å²) in [7, 11) is 1.32. The first-order chi connectivity index (χ1) is 5.20. The maximum absolute atomic E-state index is 10.9. The fourth-order valence-corrected chi connectivity index (χ4v) is 1.28. The fourth-order valence-electron chi connectivity index (χ4n) is 1.28. The van der Waals surface area contributed by atoms with E-state index >= 15 is 0 Å². The van der Waals surface area contributed by atoms with Crippen LogP contribution in [0, 0.1) is 5.92 Å². The molecule has 1 aliphatic carbocycles. The third kappa shape index (κ3) is 1.18. The van der Waals surface area contributed by atoms with Gasteiger partial charge in [-0.2, -0.15) is 0 Å².